The Morgan fingerprint density at radius 2 is 2.17 bits per heavy atom. The summed E-state index contributed by atoms with van der Waals surface area (Å²) in [6, 6.07) is 3.49. The Morgan fingerprint density at radius 1 is 1.33 bits per heavy atom. The molecule has 92 valence electrons. The van der Waals surface area contributed by atoms with Crippen LogP contribution < -0.4 is 5.43 Å². The Balaban J connectivity index is 2.02. The molecule has 0 aliphatic heterocycles. The molecule has 0 aliphatic carbocycles. The van der Waals surface area contributed by atoms with Crippen LogP contribution in [0.25, 0.3) is 10.2 Å². The number of rotatable bonds is 3. The summed E-state index contributed by atoms with van der Waals surface area (Å²) in [5.41, 5.74) is 0.958. The molecule has 3 aromatic heterocycles. The van der Waals surface area contributed by atoms with E-state index in [0.29, 0.717) is 18.3 Å². The maximum Gasteiger partial charge on any atom is 0.236 e. The quantitative estimate of drug-likeness (QED) is 0.724. The molecule has 0 spiro atoms. The normalized spacial score (nSPS) is 11.2. The zero-order valence-electron chi connectivity index (χ0n) is 9.79. The molecular formula is C12H11N3O2S. The predicted molar refractivity (Wildman–Crippen MR) is 68.9 cm³/mol. The molecule has 0 amide bonds. The summed E-state index contributed by atoms with van der Waals surface area (Å²) in [5.74, 6) is 1.19. The van der Waals surface area contributed by atoms with E-state index in [0.717, 1.165) is 16.6 Å². The van der Waals surface area contributed by atoms with E-state index in [9.17, 15) is 4.79 Å². The highest BCUT2D eigenvalue weighted by Gasteiger charge is 2.08. The minimum Gasteiger partial charge on any atom is -0.423 e. The molecule has 6 heteroatoms. The largest absolute Gasteiger partial charge is 0.423 e. The second-order valence-corrected chi connectivity index (χ2v) is 4.80. The molecule has 0 unspecified atom stereocenters. The predicted octanol–water partition coefficient (Wildman–Crippen LogP) is 2.06. The van der Waals surface area contributed by atoms with E-state index in [1.54, 1.807) is 12.3 Å². The summed E-state index contributed by atoms with van der Waals surface area (Å²) in [4.78, 5) is 11.6. The highest BCUT2D eigenvalue weighted by molar-refractivity contribution is 7.17. The number of pyridine rings is 1. The van der Waals surface area contributed by atoms with Crippen molar-refractivity contribution in [1.82, 2.24) is 14.8 Å². The first-order valence-electron chi connectivity index (χ1n) is 5.66. The van der Waals surface area contributed by atoms with Crippen molar-refractivity contribution >= 4 is 21.6 Å². The van der Waals surface area contributed by atoms with E-state index in [2.05, 4.69) is 10.2 Å². The van der Waals surface area contributed by atoms with Crippen LogP contribution in [0.2, 0.25) is 0 Å². The standard InChI is InChI=1S/C12H11N3O2S/c1-2-10-13-14-11(17-10)7-15-5-3-9(16)12-8(15)4-6-18-12/h3-6H,2,7H2,1H3. The summed E-state index contributed by atoms with van der Waals surface area (Å²) < 4.78 is 8.18. The summed E-state index contributed by atoms with van der Waals surface area (Å²) >= 11 is 1.45. The van der Waals surface area contributed by atoms with E-state index >= 15 is 0 Å². The monoisotopic (exact) mass is 261 g/mol. The Labute approximate surface area is 107 Å². The van der Waals surface area contributed by atoms with Gasteiger partial charge in [-0.15, -0.1) is 21.5 Å². The van der Waals surface area contributed by atoms with Gasteiger partial charge in [-0.25, -0.2) is 0 Å². The molecule has 0 bridgehead atoms. The van der Waals surface area contributed by atoms with Crippen LogP contribution in [-0.4, -0.2) is 14.8 Å². The van der Waals surface area contributed by atoms with Gasteiger partial charge in [0.15, 0.2) is 5.43 Å². The van der Waals surface area contributed by atoms with Gasteiger partial charge in [-0.1, -0.05) is 6.92 Å². The van der Waals surface area contributed by atoms with Crippen molar-refractivity contribution in [3.8, 4) is 0 Å². The second kappa shape index (κ2) is 4.38. The fraction of sp³-hybridized carbons (Fsp3) is 0.250. The summed E-state index contributed by atoms with van der Waals surface area (Å²) in [5, 5.41) is 9.82. The summed E-state index contributed by atoms with van der Waals surface area (Å²) in [6.45, 7) is 2.45. The molecule has 3 aromatic rings. The fourth-order valence-corrected chi connectivity index (χ4v) is 2.63. The second-order valence-electron chi connectivity index (χ2n) is 3.89. The van der Waals surface area contributed by atoms with Gasteiger partial charge < -0.3 is 8.98 Å². The maximum absolute atomic E-state index is 11.6. The van der Waals surface area contributed by atoms with Gasteiger partial charge in [-0.2, -0.15) is 0 Å². The molecule has 0 N–H and O–H groups in total. The van der Waals surface area contributed by atoms with Crippen LogP contribution in [0.3, 0.4) is 0 Å². The van der Waals surface area contributed by atoms with Crippen LogP contribution in [0.5, 0.6) is 0 Å². The molecule has 0 saturated heterocycles. The first kappa shape index (κ1) is 11.2. The van der Waals surface area contributed by atoms with Crippen LogP contribution in [0.4, 0.5) is 0 Å². The Kier molecular flexibility index (Phi) is 2.71. The highest BCUT2D eigenvalue weighted by atomic mass is 32.1. The first-order chi connectivity index (χ1) is 8.78. The Morgan fingerprint density at radius 3 is 2.94 bits per heavy atom. The minimum absolute atomic E-state index is 0.0519. The molecule has 0 atom stereocenters. The highest BCUT2D eigenvalue weighted by Crippen LogP contribution is 2.17. The number of thiophene rings is 1. The number of aromatic nitrogens is 3. The number of aryl methyl sites for hydroxylation is 1. The summed E-state index contributed by atoms with van der Waals surface area (Å²) in [7, 11) is 0. The lowest BCUT2D eigenvalue weighted by Gasteiger charge is -2.04. The van der Waals surface area contributed by atoms with E-state index in [-0.39, 0.29) is 5.43 Å². The van der Waals surface area contributed by atoms with Crippen LogP contribution in [0.15, 0.2) is 32.9 Å². The van der Waals surface area contributed by atoms with E-state index < -0.39 is 0 Å². The van der Waals surface area contributed by atoms with Gasteiger partial charge in [-0.3, -0.25) is 4.79 Å². The molecule has 3 rings (SSSR count). The van der Waals surface area contributed by atoms with Gasteiger partial charge in [-0.05, 0) is 11.4 Å². The molecule has 0 radical (unpaired) electrons. The Bertz CT molecular complexity index is 741. The lowest BCUT2D eigenvalue weighted by atomic mass is 10.3. The molecule has 3 heterocycles. The van der Waals surface area contributed by atoms with Crippen molar-refractivity contribution in [1.29, 1.82) is 0 Å². The number of hydrogen-bond donors (Lipinski definition) is 0. The van der Waals surface area contributed by atoms with Crippen LogP contribution >= 0.6 is 11.3 Å². The zero-order valence-corrected chi connectivity index (χ0v) is 10.6. The molecule has 0 aliphatic rings. The van der Waals surface area contributed by atoms with Crippen molar-refractivity contribution in [2.24, 2.45) is 0 Å². The van der Waals surface area contributed by atoms with E-state index in [1.165, 1.54) is 11.3 Å². The molecule has 5 nitrogen and oxygen atoms in total. The Hall–Kier alpha value is -1.95. The van der Waals surface area contributed by atoms with Crippen LogP contribution in [0.1, 0.15) is 18.7 Å². The van der Waals surface area contributed by atoms with Crippen molar-refractivity contribution in [3.63, 3.8) is 0 Å². The van der Waals surface area contributed by atoms with Gasteiger partial charge >= 0.3 is 0 Å². The van der Waals surface area contributed by atoms with Gasteiger partial charge in [0.1, 0.15) is 6.54 Å². The van der Waals surface area contributed by atoms with Crippen molar-refractivity contribution in [2.45, 2.75) is 19.9 Å². The topological polar surface area (TPSA) is 60.9 Å². The van der Waals surface area contributed by atoms with Gasteiger partial charge in [0.05, 0.1) is 10.2 Å². The van der Waals surface area contributed by atoms with E-state index in [4.69, 9.17) is 4.42 Å². The van der Waals surface area contributed by atoms with Crippen LogP contribution in [0, 0.1) is 0 Å². The fourth-order valence-electron chi connectivity index (χ4n) is 1.81. The average molecular weight is 261 g/mol. The van der Waals surface area contributed by atoms with Gasteiger partial charge in [0.2, 0.25) is 11.8 Å². The maximum atomic E-state index is 11.6. The lowest BCUT2D eigenvalue weighted by molar-refractivity contribution is 0.444. The third-order valence-corrected chi connectivity index (χ3v) is 3.62. The summed E-state index contributed by atoms with van der Waals surface area (Å²) in [6.07, 6.45) is 2.48. The lowest BCUT2D eigenvalue weighted by Crippen LogP contribution is -2.07. The molecule has 18 heavy (non-hydrogen) atoms. The van der Waals surface area contributed by atoms with Crippen molar-refractivity contribution < 1.29 is 4.42 Å². The minimum atomic E-state index is 0.0519. The van der Waals surface area contributed by atoms with Crippen LogP contribution in [-0.2, 0) is 13.0 Å². The van der Waals surface area contributed by atoms with E-state index in [1.807, 2.05) is 22.9 Å². The van der Waals surface area contributed by atoms with Crippen molar-refractivity contribution in [2.75, 3.05) is 0 Å². The smallest absolute Gasteiger partial charge is 0.236 e. The third-order valence-electron chi connectivity index (χ3n) is 2.70. The number of hydrogen-bond acceptors (Lipinski definition) is 5. The molecule has 0 saturated carbocycles. The van der Waals surface area contributed by atoms with Gasteiger partial charge in [0, 0.05) is 18.7 Å². The molecular weight excluding hydrogens is 250 g/mol. The zero-order chi connectivity index (χ0) is 12.5. The SMILES string of the molecule is CCc1nnc(Cn2ccc(=O)c3sccc32)o1. The van der Waals surface area contributed by atoms with Crippen molar-refractivity contribution in [3.05, 3.63) is 45.7 Å². The third kappa shape index (κ3) is 1.84. The molecule has 0 aromatic carbocycles. The first-order valence-corrected chi connectivity index (χ1v) is 6.54. The van der Waals surface area contributed by atoms with Gasteiger partial charge in [0.25, 0.3) is 0 Å². The number of nitrogens with zero attached hydrogens (tertiary/aromatic N) is 3. The average Bonchev–Trinajstić information content (AvgIpc) is 3.01. The number of fused-ring (bicyclic) bond motifs is 1. The molecule has 0 fully saturated rings.